The average Bonchev–Trinajstić information content (AvgIpc) is 3.02. The molecule has 8 heteroatoms. The summed E-state index contributed by atoms with van der Waals surface area (Å²) in [5.41, 5.74) is 11.1. The first-order valence-electron chi connectivity index (χ1n) is 13.1. The zero-order valence-electron chi connectivity index (χ0n) is 23.0. The zero-order chi connectivity index (χ0) is 28.9. The fourth-order valence-electron chi connectivity index (χ4n) is 4.61. The zero-order valence-corrected chi connectivity index (χ0v) is 23.0. The molecule has 0 saturated carbocycles. The van der Waals surface area contributed by atoms with Gasteiger partial charge in [-0.05, 0) is 53.9 Å². The molecule has 0 spiro atoms. The smallest absolute Gasteiger partial charge is 0.261 e. The van der Waals surface area contributed by atoms with Crippen molar-refractivity contribution in [1.82, 2.24) is 9.55 Å². The molecule has 0 fully saturated rings. The highest BCUT2D eigenvalue weighted by atomic mass is 16.5. The number of rotatable bonds is 8. The predicted molar refractivity (Wildman–Crippen MR) is 162 cm³/mol. The lowest BCUT2D eigenvalue weighted by atomic mass is 10.0. The van der Waals surface area contributed by atoms with E-state index >= 15 is 0 Å². The van der Waals surface area contributed by atoms with E-state index in [0.717, 1.165) is 27.8 Å². The van der Waals surface area contributed by atoms with Crippen molar-refractivity contribution in [2.24, 2.45) is 0 Å². The highest BCUT2D eigenvalue weighted by molar-refractivity contribution is 6.04. The first-order valence-corrected chi connectivity index (χ1v) is 13.1. The summed E-state index contributed by atoms with van der Waals surface area (Å²) in [6, 6.07) is 24.2. The van der Waals surface area contributed by atoms with Crippen LogP contribution in [-0.4, -0.2) is 29.7 Å². The van der Waals surface area contributed by atoms with Gasteiger partial charge >= 0.3 is 0 Å². The van der Waals surface area contributed by atoms with Crippen molar-refractivity contribution in [2.45, 2.75) is 13.5 Å². The second-order valence-electron chi connectivity index (χ2n) is 9.37. The molecule has 0 atom stereocenters. The summed E-state index contributed by atoms with van der Waals surface area (Å²) in [5.74, 6) is 1.16. The fourth-order valence-corrected chi connectivity index (χ4v) is 4.61. The molecule has 0 saturated heterocycles. The molecule has 1 amide bonds. The van der Waals surface area contributed by atoms with E-state index in [1.165, 1.54) is 0 Å². The van der Waals surface area contributed by atoms with Crippen LogP contribution in [0, 0.1) is 0 Å². The van der Waals surface area contributed by atoms with Crippen molar-refractivity contribution < 1.29 is 14.3 Å². The largest absolute Gasteiger partial charge is 0.493 e. The van der Waals surface area contributed by atoms with E-state index in [-0.39, 0.29) is 11.0 Å². The van der Waals surface area contributed by atoms with E-state index in [0.29, 0.717) is 35.1 Å². The van der Waals surface area contributed by atoms with Gasteiger partial charge in [-0.25, -0.2) is 4.98 Å². The summed E-state index contributed by atoms with van der Waals surface area (Å²) in [6.45, 7) is 2.58. The number of pyridine rings is 2. The van der Waals surface area contributed by atoms with Crippen molar-refractivity contribution in [3.63, 3.8) is 0 Å². The molecule has 0 radical (unpaired) electrons. The number of nitrogens with two attached hydrogens (primary N) is 1. The summed E-state index contributed by atoms with van der Waals surface area (Å²) in [4.78, 5) is 30.9. The molecule has 3 aromatic carbocycles. The van der Waals surface area contributed by atoms with Crippen LogP contribution in [0.4, 0.5) is 11.5 Å². The maximum atomic E-state index is 13.3. The van der Waals surface area contributed by atoms with Crippen molar-refractivity contribution in [1.29, 1.82) is 0 Å². The molecule has 5 rings (SSSR count). The van der Waals surface area contributed by atoms with Crippen LogP contribution in [0.2, 0.25) is 0 Å². The Labute approximate surface area is 238 Å². The lowest BCUT2D eigenvalue weighted by Crippen LogP contribution is -2.24. The molecule has 0 unspecified atom stereocenters. The van der Waals surface area contributed by atoms with Gasteiger partial charge in [-0.1, -0.05) is 48.5 Å². The van der Waals surface area contributed by atoms with Crippen LogP contribution in [-0.2, 0) is 6.54 Å². The number of aryl methyl sites for hydroxylation is 1. The molecule has 0 aliphatic rings. The second-order valence-corrected chi connectivity index (χ2v) is 9.37. The van der Waals surface area contributed by atoms with Gasteiger partial charge in [0.05, 0.1) is 14.2 Å². The number of ether oxygens (including phenoxy) is 2. The van der Waals surface area contributed by atoms with Gasteiger partial charge < -0.3 is 25.1 Å². The topological polar surface area (TPSA) is 108 Å². The number of anilines is 2. The van der Waals surface area contributed by atoms with Gasteiger partial charge in [-0.2, -0.15) is 0 Å². The second kappa shape index (κ2) is 11.8. The molecule has 8 nitrogen and oxygen atoms in total. The van der Waals surface area contributed by atoms with Gasteiger partial charge in [0, 0.05) is 47.5 Å². The number of methoxy groups -OCH3 is 2. The molecule has 3 N–H and O–H groups in total. The van der Waals surface area contributed by atoms with Crippen LogP contribution < -0.4 is 26.0 Å². The van der Waals surface area contributed by atoms with Crippen LogP contribution >= 0.6 is 0 Å². The number of nitrogens with zero attached hydrogens (tertiary/aromatic N) is 2. The van der Waals surface area contributed by atoms with Crippen LogP contribution in [0.15, 0.2) is 102 Å². The third kappa shape index (κ3) is 5.67. The van der Waals surface area contributed by atoms with Gasteiger partial charge in [-0.3, -0.25) is 9.59 Å². The van der Waals surface area contributed by atoms with Crippen LogP contribution in [0.25, 0.3) is 33.4 Å². The molecule has 0 bridgehead atoms. The Morgan fingerprint density at radius 1 is 0.829 bits per heavy atom. The summed E-state index contributed by atoms with van der Waals surface area (Å²) in [5, 5.41) is 2.86. The summed E-state index contributed by atoms with van der Waals surface area (Å²) in [6.07, 6.45) is 5.07. The lowest BCUT2D eigenvalue weighted by molar-refractivity contribution is 0.102. The molecule has 206 valence electrons. The van der Waals surface area contributed by atoms with Crippen molar-refractivity contribution >= 4 is 17.4 Å². The molecule has 2 heterocycles. The summed E-state index contributed by atoms with van der Waals surface area (Å²) < 4.78 is 12.6. The number of hydrogen-bond donors (Lipinski definition) is 2. The van der Waals surface area contributed by atoms with Crippen LogP contribution in [0.1, 0.15) is 17.3 Å². The van der Waals surface area contributed by atoms with Crippen LogP contribution in [0.5, 0.6) is 11.5 Å². The molecule has 41 heavy (non-hydrogen) atoms. The number of amides is 1. The molecule has 0 aliphatic heterocycles. The summed E-state index contributed by atoms with van der Waals surface area (Å²) in [7, 11) is 3.18. The van der Waals surface area contributed by atoms with Gasteiger partial charge in [0.25, 0.3) is 5.91 Å². The quantitative estimate of drug-likeness (QED) is 0.243. The van der Waals surface area contributed by atoms with Gasteiger partial charge in [-0.15, -0.1) is 0 Å². The van der Waals surface area contributed by atoms with Crippen molar-refractivity contribution in [2.75, 3.05) is 25.3 Å². The minimum atomic E-state index is -0.473. The minimum Gasteiger partial charge on any atom is -0.493 e. The first kappa shape index (κ1) is 27.2. The number of carbonyl (C=O) groups excluding carboxylic acids is 1. The molecule has 0 aliphatic carbocycles. The average molecular weight is 547 g/mol. The normalized spacial score (nSPS) is 10.7. The Hall–Kier alpha value is -5.37. The number of nitrogen functional groups attached to an aromatic ring is 1. The minimum absolute atomic E-state index is 0.0772. The number of aromatic nitrogens is 2. The highest BCUT2D eigenvalue weighted by Gasteiger charge is 2.17. The van der Waals surface area contributed by atoms with Gasteiger partial charge in [0.1, 0.15) is 11.4 Å². The number of benzene rings is 3. The SMILES string of the molecule is CCn1cc(C(=O)Nc2ccc(-c3cc(-c4ccc(OC)c(OC)c4)cnc3N)cc2)c(=O)c(-c2ccccc2)c1. The molecule has 5 aromatic rings. The number of carbonyl (C=O) groups is 1. The maximum Gasteiger partial charge on any atom is 0.261 e. The summed E-state index contributed by atoms with van der Waals surface area (Å²) >= 11 is 0. The third-order valence-corrected chi connectivity index (χ3v) is 6.86. The lowest BCUT2D eigenvalue weighted by Gasteiger charge is -2.13. The Balaban J connectivity index is 1.41. The monoisotopic (exact) mass is 546 g/mol. The number of nitrogens with one attached hydrogen (secondary N) is 1. The molecule has 2 aromatic heterocycles. The van der Waals surface area contributed by atoms with Crippen molar-refractivity contribution in [3.8, 4) is 44.9 Å². The van der Waals surface area contributed by atoms with Gasteiger partial charge in [0.2, 0.25) is 5.43 Å². The third-order valence-electron chi connectivity index (χ3n) is 6.86. The Bertz CT molecular complexity index is 1760. The molecular formula is C33H30N4O4. The van der Waals surface area contributed by atoms with E-state index in [4.69, 9.17) is 15.2 Å². The fraction of sp³-hybridized carbons (Fsp3) is 0.121. The maximum absolute atomic E-state index is 13.3. The van der Waals surface area contributed by atoms with E-state index in [9.17, 15) is 9.59 Å². The highest BCUT2D eigenvalue weighted by Crippen LogP contribution is 2.35. The van der Waals surface area contributed by atoms with Crippen LogP contribution in [0.3, 0.4) is 0 Å². The number of hydrogen-bond acceptors (Lipinski definition) is 6. The Kier molecular flexibility index (Phi) is 7.83. The Morgan fingerprint density at radius 2 is 1.51 bits per heavy atom. The molecular weight excluding hydrogens is 516 g/mol. The van der Waals surface area contributed by atoms with Gasteiger partial charge in [0.15, 0.2) is 11.5 Å². The predicted octanol–water partition coefficient (Wildman–Crippen LogP) is 6.12. The standard InChI is InChI=1S/C33H30N4O4/c1-4-37-19-27(21-8-6-5-7-9-21)31(38)28(20-37)33(39)36-25-13-10-22(11-14-25)26-16-24(18-35-32(26)34)23-12-15-29(40-2)30(17-23)41-3/h5-20H,4H2,1-3H3,(H2,34,35)(H,36,39). The van der Waals surface area contributed by atoms with E-state index < -0.39 is 5.91 Å². The van der Waals surface area contributed by atoms with Crippen molar-refractivity contribution in [3.05, 3.63) is 113 Å². The van der Waals surface area contributed by atoms with E-state index in [2.05, 4.69) is 10.3 Å². The Morgan fingerprint density at radius 3 is 2.20 bits per heavy atom. The van der Waals surface area contributed by atoms with E-state index in [1.807, 2.05) is 78.2 Å². The first-order chi connectivity index (χ1) is 19.9. The van der Waals surface area contributed by atoms with E-state index in [1.54, 1.807) is 44.9 Å².